The Hall–Kier alpha value is -2.14. The summed E-state index contributed by atoms with van der Waals surface area (Å²) in [5.74, 6) is -3.24. The lowest BCUT2D eigenvalue weighted by Gasteiger charge is -2.21. The van der Waals surface area contributed by atoms with Crippen LogP contribution in [0.3, 0.4) is 0 Å². The number of carbonyl (C=O) groups is 5. The number of aliphatic carboxylic acids is 2. The number of carboxylic acids is 2. The van der Waals surface area contributed by atoms with Crippen molar-refractivity contribution in [1.82, 2.24) is 10.6 Å². The summed E-state index contributed by atoms with van der Waals surface area (Å²) in [5, 5.41) is 22.3. The van der Waals surface area contributed by atoms with E-state index in [2.05, 4.69) is 10.6 Å². The molecule has 10 nitrogen and oxygen atoms in total. The Bertz CT molecular complexity index is 586. The van der Waals surface area contributed by atoms with Gasteiger partial charge in [-0.25, -0.2) is 0 Å². The predicted molar refractivity (Wildman–Crippen MR) is 108 cm³/mol. The highest BCUT2D eigenvalue weighted by atomic mass is 32.2. The molecule has 0 heterocycles. The summed E-state index contributed by atoms with van der Waals surface area (Å²) in [6.45, 7) is 2.90. The van der Waals surface area contributed by atoms with Crippen LogP contribution in [-0.4, -0.2) is 69.4 Å². The van der Waals surface area contributed by atoms with Crippen LogP contribution in [0.25, 0.3) is 0 Å². The van der Waals surface area contributed by atoms with Gasteiger partial charge in [0.1, 0.15) is 24.4 Å². The average Bonchev–Trinajstić information content (AvgIpc) is 2.62. The summed E-state index contributed by atoms with van der Waals surface area (Å²) in [5.41, 5.74) is 5.39. The van der Waals surface area contributed by atoms with Gasteiger partial charge in [0, 0.05) is 23.8 Å². The molecule has 0 spiro atoms. The van der Waals surface area contributed by atoms with Crippen LogP contribution in [0.1, 0.15) is 52.4 Å². The standard InChI is InChI=1S/C18H31N3O7S/c1-3-5-12(8-11(2)22)29-10-14(17(26)20-9-16(24)25)21-15(23)7-4-6-13(19)18(27)28/h12-14H,3-10,19H2,1-2H3,(H,20,26)(H,21,23)(H,24,25)(H,27,28). The monoisotopic (exact) mass is 433 g/mol. The van der Waals surface area contributed by atoms with Crippen molar-refractivity contribution in [2.24, 2.45) is 5.73 Å². The lowest BCUT2D eigenvalue weighted by Crippen LogP contribution is -2.49. The Morgan fingerprint density at radius 1 is 1.10 bits per heavy atom. The molecule has 0 bridgehead atoms. The van der Waals surface area contributed by atoms with Crippen LogP contribution in [0.2, 0.25) is 0 Å². The van der Waals surface area contributed by atoms with Crippen molar-refractivity contribution in [1.29, 1.82) is 0 Å². The number of ketones is 1. The van der Waals surface area contributed by atoms with Crippen LogP contribution in [0.15, 0.2) is 0 Å². The molecule has 0 aromatic carbocycles. The number of carboxylic acid groups (broad SMARTS) is 2. The molecule has 0 aliphatic heterocycles. The molecule has 0 aliphatic carbocycles. The number of nitrogens with two attached hydrogens (primary N) is 1. The Balaban J connectivity index is 4.83. The van der Waals surface area contributed by atoms with Crippen molar-refractivity contribution in [3.05, 3.63) is 0 Å². The summed E-state index contributed by atoms with van der Waals surface area (Å²) in [7, 11) is 0. The number of carbonyl (C=O) groups excluding carboxylic acids is 3. The van der Waals surface area contributed by atoms with E-state index >= 15 is 0 Å². The molecule has 0 aromatic rings. The number of rotatable bonds is 16. The van der Waals surface area contributed by atoms with Crippen molar-refractivity contribution in [3.8, 4) is 0 Å². The lowest BCUT2D eigenvalue weighted by molar-refractivity contribution is -0.139. The molecule has 0 rings (SSSR count). The average molecular weight is 434 g/mol. The molecule has 0 radical (unpaired) electrons. The number of Topliss-reactive ketones (excluding diaryl/α,β-unsaturated/α-hetero) is 1. The van der Waals surface area contributed by atoms with Gasteiger partial charge in [0.15, 0.2) is 0 Å². The number of thioether (sulfide) groups is 1. The van der Waals surface area contributed by atoms with E-state index in [0.717, 1.165) is 12.8 Å². The van der Waals surface area contributed by atoms with Gasteiger partial charge in [-0.1, -0.05) is 13.3 Å². The molecular weight excluding hydrogens is 402 g/mol. The van der Waals surface area contributed by atoms with Crippen LogP contribution in [0.4, 0.5) is 0 Å². The van der Waals surface area contributed by atoms with Gasteiger partial charge in [-0.15, -0.1) is 0 Å². The zero-order chi connectivity index (χ0) is 22.4. The van der Waals surface area contributed by atoms with E-state index in [4.69, 9.17) is 15.9 Å². The van der Waals surface area contributed by atoms with Gasteiger partial charge >= 0.3 is 11.9 Å². The summed E-state index contributed by atoms with van der Waals surface area (Å²) < 4.78 is 0. The first-order chi connectivity index (χ1) is 13.6. The zero-order valence-corrected chi connectivity index (χ0v) is 17.6. The summed E-state index contributed by atoms with van der Waals surface area (Å²) >= 11 is 1.38. The van der Waals surface area contributed by atoms with E-state index in [0.29, 0.717) is 6.42 Å². The molecular formula is C18H31N3O7S. The van der Waals surface area contributed by atoms with Gasteiger partial charge in [0.05, 0.1) is 0 Å². The van der Waals surface area contributed by atoms with E-state index < -0.39 is 42.4 Å². The van der Waals surface area contributed by atoms with Gasteiger partial charge in [0.2, 0.25) is 11.8 Å². The van der Waals surface area contributed by atoms with Crippen molar-refractivity contribution in [2.75, 3.05) is 12.3 Å². The van der Waals surface area contributed by atoms with Crippen molar-refractivity contribution >= 4 is 41.3 Å². The van der Waals surface area contributed by atoms with E-state index in [1.807, 2.05) is 6.92 Å². The molecule has 6 N–H and O–H groups in total. The smallest absolute Gasteiger partial charge is 0.322 e. The molecule has 11 heteroatoms. The first-order valence-corrected chi connectivity index (χ1v) is 10.5. The lowest BCUT2D eigenvalue weighted by atomic mass is 10.1. The molecule has 0 saturated carbocycles. The topological polar surface area (TPSA) is 176 Å². The fourth-order valence-corrected chi connectivity index (χ4v) is 3.91. The number of hydrogen-bond acceptors (Lipinski definition) is 7. The normalized spacial score (nSPS) is 13.8. The van der Waals surface area contributed by atoms with E-state index in [9.17, 15) is 24.0 Å². The Kier molecular flexibility index (Phi) is 13.7. The Morgan fingerprint density at radius 3 is 2.28 bits per heavy atom. The van der Waals surface area contributed by atoms with Crippen LogP contribution < -0.4 is 16.4 Å². The Labute approximate surface area is 174 Å². The Morgan fingerprint density at radius 2 is 1.76 bits per heavy atom. The van der Waals surface area contributed by atoms with Crippen molar-refractivity contribution < 1.29 is 34.2 Å². The fourth-order valence-electron chi connectivity index (χ4n) is 2.46. The van der Waals surface area contributed by atoms with Gasteiger partial charge < -0.3 is 26.6 Å². The summed E-state index contributed by atoms with van der Waals surface area (Å²) in [4.78, 5) is 57.2. The van der Waals surface area contributed by atoms with E-state index in [1.54, 1.807) is 0 Å². The number of amides is 2. The van der Waals surface area contributed by atoms with Gasteiger partial charge in [-0.3, -0.25) is 24.0 Å². The number of nitrogens with one attached hydrogen (secondary N) is 2. The second-order valence-electron chi connectivity index (χ2n) is 6.72. The third-order valence-electron chi connectivity index (χ3n) is 3.93. The maximum Gasteiger partial charge on any atom is 0.322 e. The van der Waals surface area contributed by atoms with Crippen molar-refractivity contribution in [2.45, 2.75) is 69.7 Å². The maximum atomic E-state index is 12.3. The molecule has 0 fully saturated rings. The molecule has 0 aliphatic rings. The van der Waals surface area contributed by atoms with Crippen LogP contribution in [0, 0.1) is 0 Å². The summed E-state index contributed by atoms with van der Waals surface area (Å²) in [6, 6.07) is -2.03. The maximum absolute atomic E-state index is 12.3. The predicted octanol–water partition coefficient (Wildman–Crippen LogP) is 0.135. The fraction of sp³-hybridized carbons (Fsp3) is 0.722. The van der Waals surface area contributed by atoms with Gasteiger partial charge in [0.25, 0.3) is 0 Å². The second kappa shape index (κ2) is 14.8. The molecule has 2 amide bonds. The minimum absolute atomic E-state index is 0.00209. The van der Waals surface area contributed by atoms with Crippen LogP contribution in [0.5, 0.6) is 0 Å². The van der Waals surface area contributed by atoms with E-state index in [-0.39, 0.29) is 36.0 Å². The third kappa shape index (κ3) is 13.6. The third-order valence-corrected chi connectivity index (χ3v) is 5.33. The highest BCUT2D eigenvalue weighted by Gasteiger charge is 2.23. The first-order valence-electron chi connectivity index (χ1n) is 9.45. The van der Waals surface area contributed by atoms with Gasteiger partial charge in [-0.05, 0) is 26.2 Å². The molecule has 166 valence electrons. The molecule has 0 aromatic heterocycles. The van der Waals surface area contributed by atoms with Crippen LogP contribution >= 0.6 is 11.8 Å². The molecule has 0 saturated heterocycles. The SMILES string of the molecule is CCCC(CC(C)=O)SCC(NC(=O)CCCC(N)C(=O)O)C(=O)NCC(=O)O. The quantitative estimate of drug-likeness (QED) is 0.226. The largest absolute Gasteiger partial charge is 0.480 e. The first kappa shape index (κ1) is 26.9. The second-order valence-corrected chi connectivity index (χ2v) is 8.05. The zero-order valence-electron chi connectivity index (χ0n) is 16.8. The van der Waals surface area contributed by atoms with Crippen LogP contribution in [-0.2, 0) is 24.0 Å². The number of hydrogen-bond donors (Lipinski definition) is 5. The van der Waals surface area contributed by atoms with Gasteiger partial charge in [-0.2, -0.15) is 11.8 Å². The molecule has 29 heavy (non-hydrogen) atoms. The molecule has 3 unspecified atom stereocenters. The highest BCUT2D eigenvalue weighted by molar-refractivity contribution is 8.00. The molecule has 3 atom stereocenters. The highest BCUT2D eigenvalue weighted by Crippen LogP contribution is 2.21. The minimum atomic E-state index is -1.21. The minimum Gasteiger partial charge on any atom is -0.480 e. The van der Waals surface area contributed by atoms with Crippen molar-refractivity contribution in [3.63, 3.8) is 0 Å². The summed E-state index contributed by atoms with van der Waals surface area (Å²) in [6.07, 6.45) is 2.32. The van der Waals surface area contributed by atoms with E-state index in [1.165, 1.54) is 18.7 Å².